The Bertz CT molecular complexity index is 1200. The van der Waals surface area contributed by atoms with Gasteiger partial charge < -0.3 is 10.3 Å². The lowest BCUT2D eigenvalue weighted by molar-refractivity contribution is 0.0954. The van der Waals surface area contributed by atoms with E-state index in [1.54, 1.807) is 42.9 Å². The number of aryl methyl sites for hydroxylation is 1. The molecule has 0 spiro atoms. The summed E-state index contributed by atoms with van der Waals surface area (Å²) in [6, 6.07) is 14.3. The topological polar surface area (TPSA) is 92.7 Å². The minimum Gasteiger partial charge on any atom is -0.352 e. The van der Waals surface area contributed by atoms with Gasteiger partial charge >= 0.3 is 0 Å². The van der Waals surface area contributed by atoms with Crippen molar-refractivity contribution in [2.75, 3.05) is 6.54 Å². The van der Waals surface area contributed by atoms with Crippen molar-refractivity contribution in [3.63, 3.8) is 0 Å². The number of hydrogen-bond donors (Lipinski definition) is 2. The number of benzene rings is 2. The number of H-pyrrole nitrogens is 1. The average Bonchev–Trinajstić information content (AvgIpc) is 3.24. The van der Waals surface area contributed by atoms with Crippen LogP contribution in [0.15, 0.2) is 65.8 Å². The predicted octanol–water partition coefficient (Wildman–Crippen LogP) is 2.39. The van der Waals surface area contributed by atoms with Crippen LogP contribution in [0.2, 0.25) is 0 Å². The number of aromatic amines is 1. The highest BCUT2D eigenvalue weighted by molar-refractivity contribution is 5.94. The molecule has 0 bridgehead atoms. The molecule has 1 amide bonds. The number of nitrogens with one attached hydrogen (secondary N) is 2. The molecule has 28 heavy (non-hydrogen) atoms. The first-order valence-corrected chi connectivity index (χ1v) is 8.98. The minimum atomic E-state index is -0.210. The van der Waals surface area contributed by atoms with E-state index < -0.39 is 0 Å². The standard InChI is InChI=1S/C21H19N5O2/c1-14-18-7-2-3-8-19(18)21(28)26(25-14)17-6-4-5-15(11-17)20(27)23-10-9-16-12-22-13-24-16/h2-8,11-13H,9-10H2,1H3,(H,22,24)(H,23,27). The van der Waals surface area contributed by atoms with E-state index >= 15 is 0 Å². The number of carbonyl (C=O) groups is 1. The van der Waals surface area contributed by atoms with Gasteiger partial charge in [0.05, 0.1) is 23.1 Å². The smallest absolute Gasteiger partial charge is 0.279 e. The van der Waals surface area contributed by atoms with Crippen molar-refractivity contribution >= 4 is 16.7 Å². The fourth-order valence-corrected chi connectivity index (χ4v) is 3.14. The molecule has 0 aliphatic rings. The molecule has 0 saturated carbocycles. The highest BCUT2D eigenvalue weighted by Gasteiger charge is 2.11. The van der Waals surface area contributed by atoms with Crippen LogP contribution < -0.4 is 10.9 Å². The fourth-order valence-electron chi connectivity index (χ4n) is 3.14. The van der Waals surface area contributed by atoms with Gasteiger partial charge in [-0.15, -0.1) is 0 Å². The molecule has 2 N–H and O–H groups in total. The predicted molar refractivity (Wildman–Crippen MR) is 107 cm³/mol. The summed E-state index contributed by atoms with van der Waals surface area (Å²) in [4.78, 5) is 32.3. The molecule has 2 heterocycles. The summed E-state index contributed by atoms with van der Waals surface area (Å²) in [6.45, 7) is 2.35. The first-order chi connectivity index (χ1) is 13.6. The van der Waals surface area contributed by atoms with Gasteiger partial charge in [-0.25, -0.2) is 4.98 Å². The van der Waals surface area contributed by atoms with Crippen molar-refractivity contribution in [2.24, 2.45) is 0 Å². The van der Waals surface area contributed by atoms with Crippen molar-refractivity contribution < 1.29 is 4.79 Å². The maximum atomic E-state index is 12.9. The Morgan fingerprint density at radius 3 is 2.75 bits per heavy atom. The Morgan fingerprint density at radius 2 is 1.96 bits per heavy atom. The van der Waals surface area contributed by atoms with Crippen LogP contribution in [0.25, 0.3) is 16.5 Å². The van der Waals surface area contributed by atoms with Crippen molar-refractivity contribution in [1.29, 1.82) is 0 Å². The average molecular weight is 373 g/mol. The number of imidazole rings is 1. The number of nitrogens with zero attached hydrogens (tertiary/aromatic N) is 3. The summed E-state index contributed by atoms with van der Waals surface area (Å²) in [5.74, 6) is -0.202. The number of fused-ring (bicyclic) bond motifs is 1. The summed E-state index contributed by atoms with van der Waals surface area (Å²) in [5.41, 5.74) is 2.53. The molecule has 0 aliphatic carbocycles. The second-order valence-corrected chi connectivity index (χ2v) is 6.48. The molecular formula is C21H19N5O2. The van der Waals surface area contributed by atoms with Crippen molar-refractivity contribution in [3.8, 4) is 5.69 Å². The third-order valence-electron chi connectivity index (χ3n) is 4.58. The number of carbonyl (C=O) groups excluding carboxylic acids is 1. The molecule has 2 aromatic carbocycles. The Kier molecular flexibility index (Phi) is 4.72. The van der Waals surface area contributed by atoms with Crippen molar-refractivity contribution in [1.82, 2.24) is 25.1 Å². The molecule has 0 atom stereocenters. The van der Waals surface area contributed by atoms with Crippen LogP contribution in [0.1, 0.15) is 21.7 Å². The first kappa shape index (κ1) is 17.7. The Balaban J connectivity index is 1.60. The summed E-state index contributed by atoms with van der Waals surface area (Å²) in [7, 11) is 0. The maximum absolute atomic E-state index is 12.9. The van der Waals surface area contributed by atoms with Crippen LogP contribution in [0.4, 0.5) is 0 Å². The van der Waals surface area contributed by atoms with Gasteiger partial charge in [-0.05, 0) is 31.2 Å². The Morgan fingerprint density at radius 1 is 1.14 bits per heavy atom. The minimum absolute atomic E-state index is 0.202. The third-order valence-corrected chi connectivity index (χ3v) is 4.58. The van der Waals surface area contributed by atoms with Gasteiger partial charge in [0.2, 0.25) is 0 Å². The van der Waals surface area contributed by atoms with Gasteiger partial charge in [-0.2, -0.15) is 9.78 Å². The quantitative estimate of drug-likeness (QED) is 0.562. The van der Waals surface area contributed by atoms with E-state index in [4.69, 9.17) is 0 Å². The fraction of sp³-hybridized carbons (Fsp3) is 0.143. The van der Waals surface area contributed by atoms with E-state index in [2.05, 4.69) is 20.4 Å². The second kappa shape index (κ2) is 7.48. The normalized spacial score (nSPS) is 10.9. The summed E-state index contributed by atoms with van der Waals surface area (Å²) < 4.78 is 1.35. The Labute approximate surface area is 161 Å². The van der Waals surface area contributed by atoms with Crippen LogP contribution >= 0.6 is 0 Å². The second-order valence-electron chi connectivity index (χ2n) is 6.48. The van der Waals surface area contributed by atoms with E-state index in [0.29, 0.717) is 29.6 Å². The molecule has 7 heteroatoms. The molecule has 4 aromatic rings. The van der Waals surface area contributed by atoms with Gasteiger partial charge in [0.1, 0.15) is 0 Å². The maximum Gasteiger partial charge on any atom is 0.279 e. The van der Waals surface area contributed by atoms with Crippen molar-refractivity contribution in [3.05, 3.63) is 88.4 Å². The lowest BCUT2D eigenvalue weighted by Gasteiger charge is -2.10. The summed E-state index contributed by atoms with van der Waals surface area (Å²) in [6.07, 6.45) is 4.00. The van der Waals surface area contributed by atoms with E-state index in [0.717, 1.165) is 16.8 Å². The summed E-state index contributed by atoms with van der Waals surface area (Å²) in [5, 5.41) is 8.74. The molecule has 0 saturated heterocycles. The highest BCUT2D eigenvalue weighted by Crippen LogP contribution is 2.15. The molecule has 0 fully saturated rings. The van der Waals surface area contributed by atoms with Crippen molar-refractivity contribution in [2.45, 2.75) is 13.3 Å². The van der Waals surface area contributed by atoms with Gasteiger partial charge in [-0.1, -0.05) is 24.3 Å². The van der Waals surface area contributed by atoms with Crippen LogP contribution in [0.5, 0.6) is 0 Å². The zero-order valence-electron chi connectivity index (χ0n) is 15.3. The van der Waals surface area contributed by atoms with Gasteiger partial charge in [0.15, 0.2) is 0 Å². The molecule has 0 radical (unpaired) electrons. The van der Waals surface area contributed by atoms with Crippen LogP contribution in [-0.4, -0.2) is 32.2 Å². The van der Waals surface area contributed by atoms with Crippen LogP contribution in [0, 0.1) is 6.92 Å². The molecule has 2 aromatic heterocycles. The number of aromatic nitrogens is 4. The van der Waals surface area contributed by atoms with Gasteiger partial charge in [0.25, 0.3) is 11.5 Å². The van der Waals surface area contributed by atoms with E-state index in [1.165, 1.54) is 4.68 Å². The number of hydrogen-bond acceptors (Lipinski definition) is 4. The van der Waals surface area contributed by atoms with E-state index in [-0.39, 0.29) is 11.5 Å². The van der Waals surface area contributed by atoms with E-state index in [1.807, 2.05) is 25.1 Å². The Hall–Kier alpha value is -3.74. The zero-order chi connectivity index (χ0) is 19.5. The molecule has 4 rings (SSSR count). The van der Waals surface area contributed by atoms with Gasteiger partial charge in [-0.3, -0.25) is 9.59 Å². The monoisotopic (exact) mass is 373 g/mol. The lowest BCUT2D eigenvalue weighted by atomic mass is 10.1. The lowest BCUT2D eigenvalue weighted by Crippen LogP contribution is -2.26. The SMILES string of the molecule is Cc1nn(-c2cccc(C(=O)NCCc3cnc[nH]3)c2)c(=O)c2ccccc12. The number of rotatable bonds is 5. The molecule has 7 nitrogen and oxygen atoms in total. The summed E-state index contributed by atoms with van der Waals surface area (Å²) >= 11 is 0. The van der Waals surface area contributed by atoms with E-state index in [9.17, 15) is 9.59 Å². The van der Waals surface area contributed by atoms with Gasteiger partial charge in [0, 0.05) is 35.8 Å². The molecule has 0 aliphatic heterocycles. The molecular weight excluding hydrogens is 354 g/mol. The largest absolute Gasteiger partial charge is 0.352 e. The van der Waals surface area contributed by atoms with Crippen LogP contribution in [-0.2, 0) is 6.42 Å². The third kappa shape index (κ3) is 3.42. The zero-order valence-corrected chi connectivity index (χ0v) is 15.3. The number of amides is 1. The molecule has 140 valence electrons. The van der Waals surface area contributed by atoms with Crippen LogP contribution in [0.3, 0.4) is 0 Å². The molecule has 0 unspecified atom stereocenters. The first-order valence-electron chi connectivity index (χ1n) is 8.98. The highest BCUT2D eigenvalue weighted by atomic mass is 16.1.